The smallest absolute Gasteiger partial charge is 0.144 e. The van der Waals surface area contributed by atoms with E-state index in [2.05, 4.69) is 4.99 Å². The number of aliphatic imine (C=N–C) groups is 1. The standard InChI is InChI=1S/C11H12ClNO.2C2H6/c1-7-6-9(12)8-4-2-3-5-13-10(8)11(7)14;2*1-2/h5-6,14H,2-4H2,1H3;2*1-2H3. The number of phenolic OH excluding ortho intramolecular Hbond substituents is 1. The van der Waals surface area contributed by atoms with E-state index in [1.807, 2.05) is 40.8 Å². The summed E-state index contributed by atoms with van der Waals surface area (Å²) in [6.07, 6.45) is 4.73. The fraction of sp³-hybridized carbons (Fsp3) is 0.533. The number of phenols is 1. The third kappa shape index (κ3) is 4.02. The Morgan fingerprint density at radius 2 is 1.83 bits per heavy atom. The molecule has 1 aliphatic heterocycles. The van der Waals surface area contributed by atoms with Gasteiger partial charge in [0.15, 0.2) is 0 Å². The van der Waals surface area contributed by atoms with E-state index >= 15 is 0 Å². The Morgan fingerprint density at radius 1 is 1.22 bits per heavy atom. The summed E-state index contributed by atoms with van der Waals surface area (Å²) in [6.45, 7) is 9.84. The number of rotatable bonds is 0. The molecule has 102 valence electrons. The molecule has 1 aromatic carbocycles. The molecule has 1 aliphatic rings. The average molecular weight is 270 g/mol. The number of halogens is 1. The van der Waals surface area contributed by atoms with Gasteiger partial charge in [-0.05, 0) is 37.8 Å². The van der Waals surface area contributed by atoms with E-state index in [-0.39, 0.29) is 5.75 Å². The maximum Gasteiger partial charge on any atom is 0.144 e. The molecule has 0 saturated heterocycles. The predicted molar refractivity (Wildman–Crippen MR) is 81.6 cm³/mol. The summed E-state index contributed by atoms with van der Waals surface area (Å²) < 4.78 is 0. The highest BCUT2D eigenvalue weighted by Crippen LogP contribution is 2.40. The summed E-state index contributed by atoms with van der Waals surface area (Å²) in [5, 5.41) is 10.5. The number of hydrogen-bond donors (Lipinski definition) is 1. The zero-order valence-electron chi connectivity index (χ0n) is 12.0. The fourth-order valence-corrected chi connectivity index (χ4v) is 2.04. The van der Waals surface area contributed by atoms with Crippen LogP contribution in [0.1, 0.15) is 51.7 Å². The van der Waals surface area contributed by atoms with Gasteiger partial charge in [-0.25, -0.2) is 0 Å². The Bertz CT molecular complexity index is 400. The highest BCUT2D eigenvalue weighted by molar-refractivity contribution is 6.32. The molecule has 1 N–H and O–H groups in total. The van der Waals surface area contributed by atoms with Crippen LogP contribution in [0.3, 0.4) is 0 Å². The quantitative estimate of drug-likeness (QED) is 0.668. The van der Waals surface area contributed by atoms with Crippen LogP contribution in [0.4, 0.5) is 5.69 Å². The summed E-state index contributed by atoms with van der Waals surface area (Å²) in [5.41, 5.74) is 2.42. The van der Waals surface area contributed by atoms with E-state index in [1.165, 1.54) is 0 Å². The van der Waals surface area contributed by atoms with Crippen LogP contribution in [0, 0.1) is 6.92 Å². The van der Waals surface area contributed by atoms with Crippen molar-refractivity contribution < 1.29 is 5.11 Å². The SMILES string of the molecule is CC.CC.Cc1cc(Cl)c2c(c1O)N=CCCC2. The van der Waals surface area contributed by atoms with Crippen molar-refractivity contribution in [1.29, 1.82) is 0 Å². The van der Waals surface area contributed by atoms with Gasteiger partial charge in [0.1, 0.15) is 11.4 Å². The summed E-state index contributed by atoms with van der Waals surface area (Å²) >= 11 is 6.11. The van der Waals surface area contributed by atoms with Crippen molar-refractivity contribution in [2.75, 3.05) is 0 Å². The zero-order valence-corrected chi connectivity index (χ0v) is 12.8. The molecule has 0 radical (unpaired) electrons. The molecule has 3 heteroatoms. The molecular formula is C15H24ClNO. The second-order valence-corrected chi connectivity index (χ2v) is 3.96. The zero-order chi connectivity index (χ0) is 14.1. The number of benzene rings is 1. The maximum absolute atomic E-state index is 9.82. The Balaban J connectivity index is 0.000000659. The number of fused-ring (bicyclic) bond motifs is 1. The van der Waals surface area contributed by atoms with Gasteiger partial charge in [0.05, 0.1) is 0 Å². The summed E-state index contributed by atoms with van der Waals surface area (Å²) in [4.78, 5) is 4.25. The first kappa shape index (κ1) is 17.0. The molecule has 0 spiro atoms. The van der Waals surface area contributed by atoms with Crippen molar-refractivity contribution in [1.82, 2.24) is 0 Å². The molecule has 2 nitrogen and oxygen atoms in total. The van der Waals surface area contributed by atoms with E-state index in [0.717, 1.165) is 30.4 Å². The van der Waals surface area contributed by atoms with Crippen LogP contribution < -0.4 is 0 Å². The lowest BCUT2D eigenvalue weighted by Gasteiger charge is -2.09. The topological polar surface area (TPSA) is 32.6 Å². The molecule has 1 heterocycles. The fourth-order valence-electron chi connectivity index (χ4n) is 1.69. The van der Waals surface area contributed by atoms with Gasteiger partial charge in [-0.3, -0.25) is 4.99 Å². The van der Waals surface area contributed by atoms with Crippen molar-refractivity contribution in [3.8, 4) is 5.75 Å². The van der Waals surface area contributed by atoms with Gasteiger partial charge in [-0.15, -0.1) is 0 Å². The van der Waals surface area contributed by atoms with Gasteiger partial charge in [-0.1, -0.05) is 39.3 Å². The normalized spacial score (nSPS) is 12.3. The number of aromatic hydroxyl groups is 1. The van der Waals surface area contributed by atoms with Crippen LogP contribution in [0.25, 0.3) is 0 Å². The van der Waals surface area contributed by atoms with E-state index in [9.17, 15) is 5.11 Å². The summed E-state index contributed by atoms with van der Waals surface area (Å²) in [7, 11) is 0. The number of nitrogens with zero attached hydrogens (tertiary/aromatic N) is 1. The maximum atomic E-state index is 9.82. The van der Waals surface area contributed by atoms with Gasteiger partial charge in [0.2, 0.25) is 0 Å². The summed E-state index contributed by atoms with van der Waals surface area (Å²) in [6, 6.07) is 1.80. The largest absolute Gasteiger partial charge is 0.505 e. The molecule has 1 aromatic rings. The van der Waals surface area contributed by atoms with Crippen LogP contribution in [0.5, 0.6) is 5.75 Å². The first-order valence-corrected chi connectivity index (χ1v) is 7.11. The van der Waals surface area contributed by atoms with E-state index < -0.39 is 0 Å². The van der Waals surface area contributed by atoms with E-state index in [4.69, 9.17) is 11.6 Å². The van der Waals surface area contributed by atoms with Crippen LogP contribution in [0.2, 0.25) is 5.02 Å². The third-order valence-corrected chi connectivity index (χ3v) is 2.83. The van der Waals surface area contributed by atoms with Gasteiger partial charge < -0.3 is 5.11 Å². The second-order valence-electron chi connectivity index (χ2n) is 3.55. The molecule has 0 unspecified atom stereocenters. The Morgan fingerprint density at radius 3 is 2.44 bits per heavy atom. The molecule has 0 amide bonds. The van der Waals surface area contributed by atoms with Gasteiger partial charge in [0, 0.05) is 16.8 Å². The molecule has 18 heavy (non-hydrogen) atoms. The van der Waals surface area contributed by atoms with Crippen molar-refractivity contribution in [2.45, 2.75) is 53.9 Å². The molecular weight excluding hydrogens is 246 g/mol. The lowest BCUT2D eigenvalue weighted by Crippen LogP contribution is -1.88. The van der Waals surface area contributed by atoms with Crippen LogP contribution >= 0.6 is 11.6 Å². The highest BCUT2D eigenvalue weighted by Gasteiger charge is 2.15. The third-order valence-electron chi connectivity index (χ3n) is 2.50. The van der Waals surface area contributed by atoms with Gasteiger partial charge in [-0.2, -0.15) is 0 Å². The highest BCUT2D eigenvalue weighted by atomic mass is 35.5. The number of aryl methyl sites for hydroxylation is 1. The lowest BCUT2D eigenvalue weighted by atomic mass is 10.0. The van der Waals surface area contributed by atoms with Crippen LogP contribution in [0.15, 0.2) is 11.1 Å². The molecule has 0 atom stereocenters. The lowest BCUT2D eigenvalue weighted by molar-refractivity contribution is 0.472. The second kappa shape index (κ2) is 8.98. The van der Waals surface area contributed by atoms with Crippen molar-refractivity contribution in [2.24, 2.45) is 4.99 Å². The van der Waals surface area contributed by atoms with Gasteiger partial charge >= 0.3 is 0 Å². The van der Waals surface area contributed by atoms with Crippen molar-refractivity contribution in [3.05, 3.63) is 22.2 Å². The molecule has 0 fully saturated rings. The van der Waals surface area contributed by atoms with Crippen molar-refractivity contribution in [3.63, 3.8) is 0 Å². The molecule has 0 aliphatic carbocycles. The average Bonchev–Trinajstić information content (AvgIpc) is 2.67. The Hall–Kier alpha value is -1.02. The monoisotopic (exact) mass is 269 g/mol. The van der Waals surface area contributed by atoms with E-state index in [1.54, 1.807) is 6.07 Å². The Labute approximate surface area is 116 Å². The number of hydrogen-bond acceptors (Lipinski definition) is 2. The first-order chi connectivity index (χ1) is 8.70. The molecule has 0 bridgehead atoms. The minimum atomic E-state index is 0.266. The van der Waals surface area contributed by atoms with E-state index in [0.29, 0.717) is 10.7 Å². The molecule has 0 aromatic heterocycles. The minimum absolute atomic E-state index is 0.266. The molecule has 0 saturated carbocycles. The van der Waals surface area contributed by atoms with Crippen LogP contribution in [-0.2, 0) is 6.42 Å². The molecule has 2 rings (SSSR count). The van der Waals surface area contributed by atoms with Crippen molar-refractivity contribution >= 4 is 23.5 Å². The first-order valence-electron chi connectivity index (χ1n) is 6.73. The Kier molecular flexibility index (Phi) is 8.47. The van der Waals surface area contributed by atoms with Gasteiger partial charge in [0.25, 0.3) is 0 Å². The summed E-state index contributed by atoms with van der Waals surface area (Å²) in [5.74, 6) is 0.266. The minimum Gasteiger partial charge on any atom is -0.505 e. The van der Waals surface area contributed by atoms with Crippen LogP contribution in [-0.4, -0.2) is 11.3 Å². The predicted octanol–water partition coefficient (Wildman–Crippen LogP) is 5.45.